The molecule has 1 aliphatic carbocycles. The maximum absolute atomic E-state index is 11.0. The fourth-order valence-corrected chi connectivity index (χ4v) is 3.00. The van der Waals surface area contributed by atoms with Crippen LogP contribution in [0.1, 0.15) is 36.8 Å². The highest BCUT2D eigenvalue weighted by molar-refractivity contribution is 5.75. The van der Waals surface area contributed by atoms with Gasteiger partial charge in [0.2, 0.25) is 0 Å². The summed E-state index contributed by atoms with van der Waals surface area (Å²) in [5.41, 5.74) is 13.1. The lowest BCUT2D eigenvalue weighted by Crippen LogP contribution is -2.23. The minimum atomic E-state index is -0.717. The van der Waals surface area contributed by atoms with Gasteiger partial charge in [0.15, 0.2) is 5.96 Å². The molecule has 126 valence electrons. The van der Waals surface area contributed by atoms with Crippen LogP contribution in [0.4, 0.5) is 0 Å². The molecule has 2 rings (SSSR count). The maximum atomic E-state index is 11.0. The van der Waals surface area contributed by atoms with Crippen LogP contribution in [0.25, 0.3) is 0 Å². The van der Waals surface area contributed by atoms with Crippen molar-refractivity contribution in [3.05, 3.63) is 29.3 Å². The number of carboxylic acids is 1. The number of ether oxygens (including phenoxy) is 1. The van der Waals surface area contributed by atoms with Crippen molar-refractivity contribution in [1.82, 2.24) is 0 Å². The van der Waals surface area contributed by atoms with E-state index in [-0.39, 0.29) is 18.3 Å². The van der Waals surface area contributed by atoms with Crippen LogP contribution in [0.2, 0.25) is 0 Å². The number of carboxylic acid groups (broad SMARTS) is 1. The standard InChI is InChI=1S/C17H25N3O3/c18-17(19)20-7-2-8-23-15-6-5-13-4-1-3-12(10-16(21)22)9-14(13)11-15/h5-6,11-12H,1-4,7-10H2,(H,21,22)(H4,18,19,20). The van der Waals surface area contributed by atoms with Crippen molar-refractivity contribution >= 4 is 11.9 Å². The fourth-order valence-electron chi connectivity index (χ4n) is 3.00. The number of nitrogens with zero attached hydrogens (tertiary/aromatic N) is 1. The van der Waals surface area contributed by atoms with E-state index in [1.54, 1.807) is 0 Å². The Morgan fingerprint density at radius 1 is 1.35 bits per heavy atom. The third kappa shape index (κ3) is 5.81. The monoisotopic (exact) mass is 319 g/mol. The molecule has 0 saturated heterocycles. The zero-order valence-electron chi connectivity index (χ0n) is 13.3. The molecule has 1 aliphatic rings. The van der Waals surface area contributed by atoms with Crippen molar-refractivity contribution in [2.45, 2.75) is 38.5 Å². The summed E-state index contributed by atoms with van der Waals surface area (Å²) in [6.45, 7) is 1.10. The molecule has 1 unspecified atom stereocenters. The zero-order chi connectivity index (χ0) is 16.7. The van der Waals surface area contributed by atoms with E-state index in [1.165, 1.54) is 11.1 Å². The minimum Gasteiger partial charge on any atom is -0.494 e. The van der Waals surface area contributed by atoms with Crippen LogP contribution in [-0.4, -0.2) is 30.2 Å². The van der Waals surface area contributed by atoms with Crippen LogP contribution in [0.3, 0.4) is 0 Å². The van der Waals surface area contributed by atoms with Gasteiger partial charge in [-0.25, -0.2) is 0 Å². The van der Waals surface area contributed by atoms with E-state index in [2.05, 4.69) is 17.1 Å². The predicted octanol–water partition coefficient (Wildman–Crippen LogP) is 1.70. The SMILES string of the molecule is NC(N)=NCCCOc1ccc2c(c1)CC(CC(=O)O)CCC2. The number of fused-ring (bicyclic) bond motifs is 1. The normalized spacial score (nSPS) is 17.0. The number of nitrogens with two attached hydrogens (primary N) is 2. The number of hydrogen-bond acceptors (Lipinski definition) is 3. The smallest absolute Gasteiger partial charge is 0.303 e. The number of rotatable bonds is 7. The Balaban J connectivity index is 1.93. The van der Waals surface area contributed by atoms with Crippen LogP contribution < -0.4 is 16.2 Å². The number of aliphatic imine (C=N–C) groups is 1. The summed E-state index contributed by atoms with van der Waals surface area (Å²) in [4.78, 5) is 14.9. The Morgan fingerprint density at radius 2 is 2.17 bits per heavy atom. The summed E-state index contributed by atoms with van der Waals surface area (Å²) in [6, 6.07) is 6.14. The number of hydrogen-bond donors (Lipinski definition) is 3. The van der Waals surface area contributed by atoms with E-state index in [4.69, 9.17) is 21.3 Å². The van der Waals surface area contributed by atoms with E-state index in [0.717, 1.165) is 37.9 Å². The lowest BCUT2D eigenvalue weighted by molar-refractivity contribution is -0.138. The molecule has 6 nitrogen and oxygen atoms in total. The Morgan fingerprint density at radius 3 is 2.91 bits per heavy atom. The first-order valence-electron chi connectivity index (χ1n) is 8.06. The summed E-state index contributed by atoms with van der Waals surface area (Å²) in [6.07, 6.45) is 4.82. The molecule has 0 aromatic heterocycles. The van der Waals surface area contributed by atoms with Gasteiger partial charge in [0, 0.05) is 19.4 Å². The third-order valence-electron chi connectivity index (χ3n) is 4.07. The average molecular weight is 319 g/mol. The molecule has 1 atom stereocenters. The number of aliphatic carboxylic acids is 1. The van der Waals surface area contributed by atoms with E-state index in [9.17, 15) is 4.79 Å². The predicted molar refractivity (Wildman–Crippen MR) is 89.6 cm³/mol. The minimum absolute atomic E-state index is 0.0968. The van der Waals surface area contributed by atoms with Gasteiger partial charge in [-0.3, -0.25) is 9.79 Å². The van der Waals surface area contributed by atoms with Crippen molar-refractivity contribution in [3.63, 3.8) is 0 Å². The van der Waals surface area contributed by atoms with Gasteiger partial charge in [0.25, 0.3) is 0 Å². The third-order valence-corrected chi connectivity index (χ3v) is 4.07. The van der Waals surface area contributed by atoms with Gasteiger partial charge in [-0.05, 0) is 54.9 Å². The van der Waals surface area contributed by atoms with Gasteiger partial charge in [-0.1, -0.05) is 6.07 Å². The Bertz CT molecular complexity index is 568. The van der Waals surface area contributed by atoms with Crippen LogP contribution in [-0.2, 0) is 17.6 Å². The Labute approximate surface area is 136 Å². The van der Waals surface area contributed by atoms with Gasteiger partial charge in [0.1, 0.15) is 5.75 Å². The largest absolute Gasteiger partial charge is 0.494 e. The molecule has 5 N–H and O–H groups in total. The van der Waals surface area contributed by atoms with Crippen LogP contribution in [0, 0.1) is 5.92 Å². The fraction of sp³-hybridized carbons (Fsp3) is 0.529. The van der Waals surface area contributed by atoms with E-state index in [0.29, 0.717) is 13.2 Å². The second-order valence-corrected chi connectivity index (χ2v) is 6.00. The van der Waals surface area contributed by atoms with E-state index >= 15 is 0 Å². The average Bonchev–Trinajstić information content (AvgIpc) is 2.67. The van der Waals surface area contributed by atoms with Crippen molar-refractivity contribution in [2.75, 3.05) is 13.2 Å². The lowest BCUT2D eigenvalue weighted by atomic mass is 9.94. The highest BCUT2D eigenvalue weighted by atomic mass is 16.5. The molecule has 23 heavy (non-hydrogen) atoms. The number of carbonyl (C=O) groups is 1. The van der Waals surface area contributed by atoms with Gasteiger partial charge in [0.05, 0.1) is 6.61 Å². The summed E-state index contributed by atoms with van der Waals surface area (Å²) in [5, 5.41) is 9.01. The summed E-state index contributed by atoms with van der Waals surface area (Å²) in [7, 11) is 0. The van der Waals surface area contributed by atoms with Crippen molar-refractivity contribution in [1.29, 1.82) is 0 Å². The Kier molecular flexibility index (Phi) is 6.26. The molecule has 0 amide bonds. The number of guanidine groups is 1. The first-order chi connectivity index (χ1) is 11.0. The van der Waals surface area contributed by atoms with Crippen molar-refractivity contribution < 1.29 is 14.6 Å². The van der Waals surface area contributed by atoms with Crippen molar-refractivity contribution in [2.24, 2.45) is 22.4 Å². The molecule has 0 spiro atoms. The zero-order valence-corrected chi connectivity index (χ0v) is 13.3. The van der Waals surface area contributed by atoms with Gasteiger partial charge >= 0.3 is 5.97 Å². The van der Waals surface area contributed by atoms with Crippen molar-refractivity contribution in [3.8, 4) is 5.75 Å². The summed E-state index contributed by atoms with van der Waals surface area (Å²) < 4.78 is 5.74. The number of aryl methyl sites for hydroxylation is 1. The second kappa shape index (κ2) is 8.41. The number of benzene rings is 1. The van der Waals surface area contributed by atoms with Crippen LogP contribution >= 0.6 is 0 Å². The lowest BCUT2D eigenvalue weighted by Gasteiger charge is -2.13. The van der Waals surface area contributed by atoms with E-state index < -0.39 is 5.97 Å². The highest BCUT2D eigenvalue weighted by Crippen LogP contribution is 2.29. The maximum Gasteiger partial charge on any atom is 0.303 e. The van der Waals surface area contributed by atoms with Crippen LogP contribution in [0.5, 0.6) is 5.75 Å². The molecule has 6 heteroatoms. The quantitative estimate of drug-likeness (QED) is 0.306. The van der Waals surface area contributed by atoms with Gasteiger partial charge in [-0.15, -0.1) is 0 Å². The first kappa shape index (κ1) is 17.1. The molecule has 0 heterocycles. The molecule has 0 aliphatic heterocycles. The summed E-state index contributed by atoms with van der Waals surface area (Å²) in [5.74, 6) is 0.417. The van der Waals surface area contributed by atoms with Gasteiger partial charge in [-0.2, -0.15) is 0 Å². The van der Waals surface area contributed by atoms with E-state index in [1.807, 2.05) is 6.07 Å². The van der Waals surface area contributed by atoms with Crippen LogP contribution in [0.15, 0.2) is 23.2 Å². The molecule has 0 fully saturated rings. The van der Waals surface area contributed by atoms with Gasteiger partial charge < -0.3 is 21.3 Å². The first-order valence-corrected chi connectivity index (χ1v) is 8.06. The highest BCUT2D eigenvalue weighted by Gasteiger charge is 2.19. The topological polar surface area (TPSA) is 111 Å². The molecule has 0 bridgehead atoms. The Hall–Kier alpha value is -2.24. The second-order valence-electron chi connectivity index (χ2n) is 6.00. The molecule has 1 aromatic rings. The summed E-state index contributed by atoms with van der Waals surface area (Å²) >= 11 is 0. The molecular formula is C17H25N3O3. The molecule has 0 saturated carbocycles. The molecular weight excluding hydrogens is 294 g/mol. The molecule has 0 radical (unpaired) electrons. The molecule has 1 aromatic carbocycles.